The van der Waals surface area contributed by atoms with E-state index in [0.717, 1.165) is 21.9 Å². The first-order valence-corrected chi connectivity index (χ1v) is 7.00. The molecular formula is C15H23ClN2O2. The van der Waals surface area contributed by atoms with Crippen molar-refractivity contribution in [2.45, 2.75) is 40.5 Å². The third-order valence-corrected chi connectivity index (χ3v) is 3.65. The molecule has 0 unspecified atom stereocenters. The number of amides is 1. The van der Waals surface area contributed by atoms with Crippen molar-refractivity contribution >= 4 is 17.5 Å². The lowest BCUT2D eigenvalue weighted by Crippen LogP contribution is -2.44. The van der Waals surface area contributed by atoms with Crippen molar-refractivity contribution in [3.63, 3.8) is 0 Å². The number of carbonyl (C=O) groups is 1. The minimum absolute atomic E-state index is 0.247. The fourth-order valence-electron chi connectivity index (χ4n) is 1.77. The molecule has 112 valence electrons. The predicted molar refractivity (Wildman–Crippen MR) is 81.9 cm³/mol. The van der Waals surface area contributed by atoms with Gasteiger partial charge in [0, 0.05) is 5.02 Å². The molecule has 4 nitrogen and oxygen atoms in total. The van der Waals surface area contributed by atoms with E-state index in [9.17, 15) is 4.79 Å². The van der Waals surface area contributed by atoms with Crippen LogP contribution >= 0.6 is 11.6 Å². The molecule has 0 aliphatic heterocycles. The van der Waals surface area contributed by atoms with Gasteiger partial charge < -0.3 is 4.74 Å². The summed E-state index contributed by atoms with van der Waals surface area (Å²) in [4.78, 5) is 11.7. The summed E-state index contributed by atoms with van der Waals surface area (Å²) in [6.45, 7) is 9.89. The minimum Gasteiger partial charge on any atom is -0.492 e. The van der Waals surface area contributed by atoms with Gasteiger partial charge in [0.15, 0.2) is 0 Å². The Hall–Kier alpha value is -1.26. The van der Waals surface area contributed by atoms with Crippen LogP contribution in [0.1, 0.15) is 44.7 Å². The molecule has 0 fully saturated rings. The molecule has 20 heavy (non-hydrogen) atoms. The average Bonchev–Trinajstić information content (AvgIpc) is 2.38. The first kappa shape index (κ1) is 16.8. The second-order valence-electron chi connectivity index (χ2n) is 5.94. The van der Waals surface area contributed by atoms with Crippen LogP contribution in [0.25, 0.3) is 0 Å². The van der Waals surface area contributed by atoms with Crippen LogP contribution in [0.5, 0.6) is 5.75 Å². The molecule has 1 rings (SSSR count). The van der Waals surface area contributed by atoms with E-state index >= 15 is 0 Å². The molecule has 0 radical (unpaired) electrons. The standard InChI is InChI=1S/C15H23ClN2O2/c1-9(2)11-7-12(16)10(3)6-13(11)20-8-15(4,5)14(19)18-17/h6-7,9H,8,17H2,1-5H3,(H,18,19). The van der Waals surface area contributed by atoms with E-state index in [2.05, 4.69) is 19.3 Å². The van der Waals surface area contributed by atoms with E-state index in [4.69, 9.17) is 22.2 Å². The van der Waals surface area contributed by atoms with Gasteiger partial charge >= 0.3 is 0 Å². The predicted octanol–water partition coefficient (Wildman–Crippen LogP) is 3.17. The molecule has 0 saturated carbocycles. The van der Waals surface area contributed by atoms with Gasteiger partial charge in [-0.3, -0.25) is 10.2 Å². The first-order chi connectivity index (χ1) is 9.19. The van der Waals surface area contributed by atoms with Gasteiger partial charge in [-0.2, -0.15) is 0 Å². The van der Waals surface area contributed by atoms with E-state index in [1.807, 2.05) is 19.1 Å². The lowest BCUT2D eigenvalue weighted by atomic mass is 9.93. The summed E-state index contributed by atoms with van der Waals surface area (Å²) in [7, 11) is 0. The highest BCUT2D eigenvalue weighted by atomic mass is 35.5. The number of rotatable bonds is 5. The van der Waals surface area contributed by atoms with Gasteiger partial charge in [-0.15, -0.1) is 0 Å². The minimum atomic E-state index is -0.698. The molecule has 0 saturated heterocycles. The van der Waals surface area contributed by atoms with Gasteiger partial charge in [-0.05, 0) is 49.9 Å². The molecule has 0 bridgehead atoms. The van der Waals surface area contributed by atoms with Crippen LogP contribution in [-0.2, 0) is 4.79 Å². The van der Waals surface area contributed by atoms with Crippen molar-refractivity contribution in [1.29, 1.82) is 0 Å². The van der Waals surface area contributed by atoms with Gasteiger partial charge in [0.05, 0.1) is 5.41 Å². The SMILES string of the molecule is Cc1cc(OCC(C)(C)C(=O)NN)c(C(C)C)cc1Cl. The Morgan fingerprint density at radius 3 is 2.55 bits per heavy atom. The molecule has 0 spiro atoms. The van der Waals surface area contributed by atoms with Crippen molar-refractivity contribution in [1.82, 2.24) is 5.43 Å². The molecular weight excluding hydrogens is 276 g/mol. The molecule has 1 aromatic carbocycles. The second kappa shape index (κ2) is 6.46. The number of nitrogens with one attached hydrogen (secondary N) is 1. The second-order valence-corrected chi connectivity index (χ2v) is 6.35. The van der Waals surface area contributed by atoms with Gasteiger partial charge in [-0.1, -0.05) is 25.4 Å². The Morgan fingerprint density at radius 1 is 1.45 bits per heavy atom. The largest absolute Gasteiger partial charge is 0.492 e. The Balaban J connectivity index is 2.98. The highest BCUT2D eigenvalue weighted by Gasteiger charge is 2.28. The number of hydrogen-bond acceptors (Lipinski definition) is 3. The molecule has 0 heterocycles. The van der Waals surface area contributed by atoms with Crippen LogP contribution in [-0.4, -0.2) is 12.5 Å². The van der Waals surface area contributed by atoms with Crippen LogP contribution in [0.2, 0.25) is 5.02 Å². The van der Waals surface area contributed by atoms with E-state index in [-0.39, 0.29) is 18.4 Å². The number of halogens is 1. The molecule has 0 aliphatic carbocycles. The summed E-state index contributed by atoms with van der Waals surface area (Å²) < 4.78 is 5.85. The van der Waals surface area contributed by atoms with Crippen molar-refractivity contribution < 1.29 is 9.53 Å². The maximum absolute atomic E-state index is 11.7. The lowest BCUT2D eigenvalue weighted by molar-refractivity contribution is -0.130. The van der Waals surface area contributed by atoms with Crippen LogP contribution in [0.15, 0.2) is 12.1 Å². The molecule has 0 aliphatic rings. The lowest BCUT2D eigenvalue weighted by Gasteiger charge is -2.24. The first-order valence-electron chi connectivity index (χ1n) is 6.63. The fourth-order valence-corrected chi connectivity index (χ4v) is 1.94. The normalized spacial score (nSPS) is 11.6. The smallest absolute Gasteiger partial charge is 0.242 e. The van der Waals surface area contributed by atoms with Crippen LogP contribution in [0.4, 0.5) is 0 Å². The quantitative estimate of drug-likeness (QED) is 0.498. The summed E-state index contributed by atoms with van der Waals surface area (Å²) in [6, 6.07) is 3.83. The van der Waals surface area contributed by atoms with Crippen molar-refractivity contribution in [2.75, 3.05) is 6.61 Å². The molecule has 3 N–H and O–H groups in total. The number of hydrazine groups is 1. The summed E-state index contributed by atoms with van der Waals surface area (Å²) in [6.07, 6.45) is 0. The fraction of sp³-hybridized carbons (Fsp3) is 0.533. The Bertz CT molecular complexity index is 499. The maximum atomic E-state index is 11.7. The molecule has 5 heteroatoms. The number of carbonyl (C=O) groups excluding carboxylic acids is 1. The zero-order valence-corrected chi connectivity index (χ0v) is 13.5. The molecule has 1 aromatic rings. The zero-order valence-electron chi connectivity index (χ0n) is 12.7. The average molecular weight is 299 g/mol. The highest BCUT2D eigenvalue weighted by Crippen LogP contribution is 2.33. The number of aryl methyl sites for hydroxylation is 1. The Morgan fingerprint density at radius 2 is 2.05 bits per heavy atom. The van der Waals surface area contributed by atoms with E-state index < -0.39 is 5.41 Å². The van der Waals surface area contributed by atoms with Crippen molar-refractivity contribution in [2.24, 2.45) is 11.3 Å². The van der Waals surface area contributed by atoms with Gasteiger partial charge in [0.1, 0.15) is 12.4 Å². The van der Waals surface area contributed by atoms with E-state index in [0.29, 0.717) is 0 Å². The van der Waals surface area contributed by atoms with Gasteiger partial charge in [-0.25, -0.2) is 5.84 Å². The Kier molecular flexibility index (Phi) is 5.42. The summed E-state index contributed by atoms with van der Waals surface area (Å²) in [5.74, 6) is 5.97. The van der Waals surface area contributed by atoms with Gasteiger partial charge in [0.25, 0.3) is 0 Å². The summed E-state index contributed by atoms with van der Waals surface area (Å²) >= 11 is 6.16. The van der Waals surface area contributed by atoms with Crippen molar-refractivity contribution in [3.8, 4) is 5.75 Å². The number of nitrogens with two attached hydrogens (primary N) is 1. The monoisotopic (exact) mass is 298 g/mol. The topological polar surface area (TPSA) is 64.3 Å². The van der Waals surface area contributed by atoms with Gasteiger partial charge in [0.2, 0.25) is 5.91 Å². The molecule has 0 atom stereocenters. The van der Waals surface area contributed by atoms with E-state index in [1.165, 1.54) is 0 Å². The molecule has 1 amide bonds. The summed E-state index contributed by atoms with van der Waals surface area (Å²) in [5.41, 5.74) is 3.44. The maximum Gasteiger partial charge on any atom is 0.242 e. The Labute approximate surface area is 125 Å². The van der Waals surface area contributed by atoms with Crippen LogP contribution in [0.3, 0.4) is 0 Å². The molecule has 0 aromatic heterocycles. The summed E-state index contributed by atoms with van der Waals surface area (Å²) in [5, 5.41) is 0.722. The third-order valence-electron chi connectivity index (χ3n) is 3.25. The van der Waals surface area contributed by atoms with Crippen LogP contribution in [0, 0.1) is 12.3 Å². The number of ether oxygens (including phenoxy) is 1. The third kappa shape index (κ3) is 3.87. The van der Waals surface area contributed by atoms with Crippen LogP contribution < -0.4 is 16.0 Å². The number of benzene rings is 1. The van der Waals surface area contributed by atoms with Crippen molar-refractivity contribution in [3.05, 3.63) is 28.3 Å². The number of hydrogen-bond donors (Lipinski definition) is 2. The zero-order chi connectivity index (χ0) is 15.5. The van der Waals surface area contributed by atoms with E-state index in [1.54, 1.807) is 13.8 Å². The highest BCUT2D eigenvalue weighted by molar-refractivity contribution is 6.31.